The maximum atomic E-state index is 11.0. The number of carbonyl (C=O) groups excluding carboxylic acids is 1. The summed E-state index contributed by atoms with van der Waals surface area (Å²) < 4.78 is 10.5. The Kier molecular flexibility index (Phi) is 4.67. The highest BCUT2D eigenvalue weighted by atomic mass is 16.7. The minimum absolute atomic E-state index is 0.190. The predicted octanol–water partition coefficient (Wildman–Crippen LogP) is -1.15. The number of nitrogens with one attached hydrogen (secondary N) is 1. The minimum Gasteiger partial charge on any atom is -0.394 e. The van der Waals surface area contributed by atoms with Crippen molar-refractivity contribution in [1.29, 1.82) is 0 Å². The number of aliphatic hydroxyl groups is 2. The summed E-state index contributed by atoms with van der Waals surface area (Å²) in [7, 11) is 1.43. The topological polar surface area (TPSA) is 88.0 Å². The number of amides is 1. The van der Waals surface area contributed by atoms with Crippen LogP contribution in [0, 0.1) is 5.92 Å². The molecule has 1 fully saturated rings. The van der Waals surface area contributed by atoms with Crippen LogP contribution in [-0.2, 0) is 14.3 Å². The standard InChI is InChI=1S/C10H19NO5/c1-5-7(4-12)16-10(15-3)8(9(5)14)11-6(2)13/h5,7-10,12,14H,4H2,1-3H3,(H,11,13)/t5-,7?,8?,9?,10-/m1/s1. The molecule has 3 N–H and O–H groups in total. The van der Waals surface area contributed by atoms with E-state index in [1.54, 1.807) is 6.92 Å². The summed E-state index contributed by atoms with van der Waals surface area (Å²) in [6, 6.07) is -0.611. The molecular formula is C10H19NO5. The molecule has 6 nitrogen and oxygen atoms in total. The first-order valence-corrected chi connectivity index (χ1v) is 5.25. The maximum absolute atomic E-state index is 11.0. The Balaban J connectivity index is 2.77. The lowest BCUT2D eigenvalue weighted by molar-refractivity contribution is -0.245. The first-order valence-electron chi connectivity index (χ1n) is 5.25. The minimum atomic E-state index is -0.806. The van der Waals surface area contributed by atoms with Crippen LogP contribution >= 0.6 is 0 Å². The molecule has 1 saturated heterocycles. The molecule has 0 bridgehead atoms. The van der Waals surface area contributed by atoms with E-state index in [4.69, 9.17) is 14.6 Å². The summed E-state index contributed by atoms with van der Waals surface area (Å²) in [4.78, 5) is 11.0. The molecule has 1 heterocycles. The van der Waals surface area contributed by atoms with Gasteiger partial charge in [0.25, 0.3) is 0 Å². The van der Waals surface area contributed by atoms with E-state index in [0.717, 1.165) is 0 Å². The van der Waals surface area contributed by atoms with E-state index in [1.807, 2.05) is 0 Å². The molecular weight excluding hydrogens is 214 g/mol. The number of carbonyl (C=O) groups is 1. The van der Waals surface area contributed by atoms with Gasteiger partial charge in [0.1, 0.15) is 6.04 Å². The normalized spacial score (nSPS) is 39.4. The van der Waals surface area contributed by atoms with Gasteiger partial charge in [-0.25, -0.2) is 0 Å². The van der Waals surface area contributed by atoms with Crippen LogP contribution in [-0.4, -0.2) is 54.4 Å². The van der Waals surface area contributed by atoms with E-state index in [1.165, 1.54) is 14.0 Å². The highest BCUT2D eigenvalue weighted by Crippen LogP contribution is 2.26. The third-order valence-electron chi connectivity index (χ3n) is 2.88. The third kappa shape index (κ3) is 2.70. The van der Waals surface area contributed by atoms with Crippen LogP contribution in [0.15, 0.2) is 0 Å². The first-order chi connectivity index (χ1) is 7.51. The smallest absolute Gasteiger partial charge is 0.217 e. The number of rotatable bonds is 3. The number of hydrogen-bond donors (Lipinski definition) is 3. The molecule has 0 aliphatic carbocycles. The summed E-state index contributed by atoms with van der Waals surface area (Å²) in [6.45, 7) is 2.93. The molecule has 6 heteroatoms. The molecule has 0 aromatic rings. The summed E-state index contributed by atoms with van der Waals surface area (Å²) in [6.07, 6.45) is -2.03. The van der Waals surface area contributed by atoms with Crippen LogP contribution in [0.1, 0.15) is 13.8 Å². The molecule has 0 spiro atoms. The van der Waals surface area contributed by atoms with E-state index >= 15 is 0 Å². The van der Waals surface area contributed by atoms with Gasteiger partial charge in [0.05, 0.1) is 18.8 Å². The lowest BCUT2D eigenvalue weighted by Crippen LogP contribution is -2.61. The Labute approximate surface area is 94.5 Å². The van der Waals surface area contributed by atoms with Crippen molar-refractivity contribution in [2.75, 3.05) is 13.7 Å². The Morgan fingerprint density at radius 3 is 2.62 bits per heavy atom. The van der Waals surface area contributed by atoms with Gasteiger partial charge in [0, 0.05) is 20.0 Å². The molecule has 5 atom stereocenters. The van der Waals surface area contributed by atoms with Crippen molar-refractivity contribution >= 4 is 5.91 Å². The van der Waals surface area contributed by atoms with Gasteiger partial charge in [-0.1, -0.05) is 6.92 Å². The van der Waals surface area contributed by atoms with Crippen molar-refractivity contribution in [2.45, 2.75) is 38.4 Å². The van der Waals surface area contributed by atoms with Gasteiger partial charge in [-0.15, -0.1) is 0 Å². The molecule has 0 aromatic heterocycles. The molecule has 16 heavy (non-hydrogen) atoms. The van der Waals surface area contributed by atoms with Crippen LogP contribution in [0.3, 0.4) is 0 Å². The Bertz CT molecular complexity index is 245. The predicted molar refractivity (Wildman–Crippen MR) is 55.5 cm³/mol. The summed E-state index contributed by atoms with van der Waals surface area (Å²) in [5.41, 5.74) is 0. The monoisotopic (exact) mass is 233 g/mol. The zero-order chi connectivity index (χ0) is 12.3. The number of methoxy groups -OCH3 is 1. The number of aliphatic hydroxyl groups excluding tert-OH is 2. The second kappa shape index (κ2) is 5.58. The van der Waals surface area contributed by atoms with Crippen molar-refractivity contribution in [3.05, 3.63) is 0 Å². The Morgan fingerprint density at radius 2 is 2.19 bits per heavy atom. The molecule has 3 unspecified atom stereocenters. The highest BCUT2D eigenvalue weighted by molar-refractivity contribution is 5.73. The van der Waals surface area contributed by atoms with Gasteiger partial charge in [0.2, 0.25) is 5.91 Å². The highest BCUT2D eigenvalue weighted by Gasteiger charge is 2.43. The maximum Gasteiger partial charge on any atom is 0.217 e. The Hall–Kier alpha value is -0.690. The van der Waals surface area contributed by atoms with Crippen LogP contribution in [0.4, 0.5) is 0 Å². The van der Waals surface area contributed by atoms with E-state index in [0.29, 0.717) is 0 Å². The summed E-state index contributed by atoms with van der Waals surface area (Å²) in [5, 5.41) is 21.7. The number of ether oxygens (including phenoxy) is 2. The first kappa shape index (κ1) is 13.4. The van der Waals surface area contributed by atoms with E-state index in [-0.39, 0.29) is 18.4 Å². The van der Waals surface area contributed by atoms with E-state index in [2.05, 4.69) is 5.32 Å². The Morgan fingerprint density at radius 1 is 1.56 bits per heavy atom. The molecule has 1 amide bonds. The van der Waals surface area contributed by atoms with Gasteiger partial charge < -0.3 is 25.0 Å². The number of hydrogen-bond acceptors (Lipinski definition) is 5. The van der Waals surface area contributed by atoms with Crippen LogP contribution in [0.2, 0.25) is 0 Å². The van der Waals surface area contributed by atoms with Crippen LogP contribution in [0.5, 0.6) is 0 Å². The molecule has 1 rings (SSSR count). The molecule has 0 aromatic carbocycles. The van der Waals surface area contributed by atoms with Gasteiger partial charge >= 0.3 is 0 Å². The van der Waals surface area contributed by atoms with E-state index in [9.17, 15) is 9.90 Å². The van der Waals surface area contributed by atoms with Gasteiger partial charge in [-0.3, -0.25) is 4.79 Å². The SMILES string of the molecule is CO[C@@H]1OC(CO)[C@@H](C)C(O)C1NC(C)=O. The molecule has 94 valence electrons. The third-order valence-corrected chi connectivity index (χ3v) is 2.88. The second-order valence-corrected chi connectivity index (χ2v) is 4.04. The zero-order valence-electron chi connectivity index (χ0n) is 9.71. The summed E-state index contributed by atoms with van der Waals surface area (Å²) in [5.74, 6) is -0.530. The average molecular weight is 233 g/mol. The van der Waals surface area contributed by atoms with Gasteiger partial charge in [-0.2, -0.15) is 0 Å². The van der Waals surface area contributed by atoms with Gasteiger partial charge in [0.15, 0.2) is 6.29 Å². The lowest BCUT2D eigenvalue weighted by atomic mass is 9.89. The molecule has 0 radical (unpaired) electrons. The quantitative estimate of drug-likeness (QED) is 0.573. The second-order valence-electron chi connectivity index (χ2n) is 4.04. The molecule has 1 aliphatic heterocycles. The average Bonchev–Trinajstić information content (AvgIpc) is 2.25. The van der Waals surface area contributed by atoms with Gasteiger partial charge in [-0.05, 0) is 0 Å². The van der Waals surface area contributed by atoms with Crippen LogP contribution in [0.25, 0.3) is 0 Å². The van der Waals surface area contributed by atoms with Crippen molar-refractivity contribution < 1.29 is 24.5 Å². The molecule has 0 saturated carbocycles. The van der Waals surface area contributed by atoms with Crippen molar-refractivity contribution in [3.8, 4) is 0 Å². The van der Waals surface area contributed by atoms with Crippen molar-refractivity contribution in [1.82, 2.24) is 5.32 Å². The molecule has 1 aliphatic rings. The van der Waals surface area contributed by atoms with E-state index < -0.39 is 24.5 Å². The van der Waals surface area contributed by atoms with Crippen molar-refractivity contribution in [3.63, 3.8) is 0 Å². The summed E-state index contributed by atoms with van der Waals surface area (Å²) >= 11 is 0. The fraction of sp³-hybridized carbons (Fsp3) is 0.900. The lowest BCUT2D eigenvalue weighted by Gasteiger charge is -2.42. The largest absolute Gasteiger partial charge is 0.394 e. The fourth-order valence-electron chi connectivity index (χ4n) is 1.89. The van der Waals surface area contributed by atoms with Crippen molar-refractivity contribution in [2.24, 2.45) is 5.92 Å². The fourth-order valence-corrected chi connectivity index (χ4v) is 1.89. The van der Waals surface area contributed by atoms with Crippen LogP contribution < -0.4 is 5.32 Å². The zero-order valence-corrected chi connectivity index (χ0v) is 9.71.